The van der Waals surface area contributed by atoms with Gasteiger partial charge >= 0.3 is 6.18 Å². The molecule has 1 saturated carbocycles. The average molecular weight is 512 g/mol. The summed E-state index contributed by atoms with van der Waals surface area (Å²) in [6, 6.07) is 7.05. The van der Waals surface area contributed by atoms with Gasteiger partial charge in [-0.15, -0.1) is 0 Å². The van der Waals surface area contributed by atoms with E-state index in [1.807, 2.05) is 19.1 Å². The Balaban J connectivity index is 1.43. The van der Waals surface area contributed by atoms with Gasteiger partial charge < -0.3 is 15.6 Å². The van der Waals surface area contributed by atoms with E-state index in [0.29, 0.717) is 17.0 Å². The fourth-order valence-electron chi connectivity index (χ4n) is 4.28. The Morgan fingerprint density at radius 1 is 1.16 bits per heavy atom. The van der Waals surface area contributed by atoms with Crippen molar-refractivity contribution in [3.05, 3.63) is 59.9 Å². The van der Waals surface area contributed by atoms with Gasteiger partial charge in [-0.2, -0.15) is 23.3 Å². The van der Waals surface area contributed by atoms with Crippen molar-refractivity contribution >= 4 is 11.7 Å². The Kier molecular flexibility index (Phi) is 5.92. The fourth-order valence-corrected chi connectivity index (χ4v) is 4.28. The Labute approximate surface area is 209 Å². The third kappa shape index (κ3) is 4.63. The van der Waals surface area contributed by atoms with Crippen molar-refractivity contribution in [2.75, 3.05) is 12.8 Å². The summed E-state index contributed by atoms with van der Waals surface area (Å²) in [7, 11) is 1.55. The van der Waals surface area contributed by atoms with Crippen LogP contribution in [0.1, 0.15) is 36.8 Å². The summed E-state index contributed by atoms with van der Waals surface area (Å²) >= 11 is 0. The number of carbonyl (C=O) groups excluding carboxylic acids is 1. The molecule has 0 radical (unpaired) electrons. The number of anilines is 1. The molecule has 0 bridgehead atoms. The van der Waals surface area contributed by atoms with Gasteiger partial charge in [0.15, 0.2) is 17.3 Å². The number of rotatable bonds is 7. The van der Waals surface area contributed by atoms with E-state index in [1.165, 1.54) is 10.9 Å². The van der Waals surface area contributed by atoms with Crippen LogP contribution >= 0.6 is 0 Å². The highest BCUT2D eigenvalue weighted by molar-refractivity contribution is 5.75. The summed E-state index contributed by atoms with van der Waals surface area (Å²) in [6.45, 7) is 2.08. The van der Waals surface area contributed by atoms with Crippen molar-refractivity contribution in [2.24, 2.45) is 5.92 Å². The number of aromatic nitrogens is 6. The molecule has 3 heterocycles. The van der Waals surface area contributed by atoms with Crippen molar-refractivity contribution in [3.8, 4) is 22.7 Å². The van der Waals surface area contributed by atoms with Crippen LogP contribution in [0.2, 0.25) is 0 Å². The van der Waals surface area contributed by atoms with E-state index in [2.05, 4.69) is 30.5 Å². The number of hydrogen-bond acceptors (Lipinski definition) is 8. The maximum absolute atomic E-state index is 13.2. The number of nitrogen functional groups attached to an aromatic ring is 1. The summed E-state index contributed by atoms with van der Waals surface area (Å²) in [5.41, 5.74) is 5.59. The lowest BCUT2D eigenvalue weighted by molar-refractivity contribution is -0.140. The van der Waals surface area contributed by atoms with Crippen molar-refractivity contribution in [1.29, 1.82) is 0 Å². The highest BCUT2D eigenvalue weighted by atomic mass is 19.4. The van der Waals surface area contributed by atoms with Crippen LogP contribution in [0.4, 0.5) is 19.0 Å². The molecule has 13 heteroatoms. The fraction of sp³-hybridized carbons (Fsp3) is 0.333. The third-order valence-electron chi connectivity index (χ3n) is 6.60. The maximum atomic E-state index is 13.2. The predicted octanol–water partition coefficient (Wildman–Crippen LogP) is 3.45. The van der Waals surface area contributed by atoms with Crippen LogP contribution in [0.5, 0.6) is 0 Å². The first kappa shape index (κ1) is 24.4. The first-order valence-electron chi connectivity index (χ1n) is 11.5. The zero-order valence-corrected chi connectivity index (χ0v) is 20.0. The van der Waals surface area contributed by atoms with Gasteiger partial charge in [0.05, 0.1) is 29.1 Å². The Bertz CT molecular complexity index is 1440. The van der Waals surface area contributed by atoms with Crippen LogP contribution in [-0.2, 0) is 22.9 Å². The summed E-state index contributed by atoms with van der Waals surface area (Å²) in [4.78, 5) is 23.6. The molecule has 1 unspecified atom stereocenters. The van der Waals surface area contributed by atoms with Crippen LogP contribution in [0.3, 0.4) is 0 Å². The molecule has 1 amide bonds. The van der Waals surface area contributed by atoms with Crippen molar-refractivity contribution in [2.45, 2.75) is 37.9 Å². The molecule has 1 aromatic carbocycles. The minimum Gasteiger partial charge on any atom is -0.382 e. The molecule has 1 aliphatic carbocycles. The number of nitrogens with zero attached hydrogens (tertiary/aromatic N) is 6. The number of halogens is 3. The molecule has 192 valence electrons. The number of nitrogens with one attached hydrogen (secondary N) is 1. The summed E-state index contributed by atoms with van der Waals surface area (Å²) < 4.78 is 46.7. The van der Waals surface area contributed by atoms with E-state index < -0.39 is 23.1 Å². The van der Waals surface area contributed by atoms with E-state index in [0.717, 1.165) is 18.4 Å². The van der Waals surface area contributed by atoms with Gasteiger partial charge in [-0.05, 0) is 31.2 Å². The van der Waals surface area contributed by atoms with E-state index in [4.69, 9.17) is 10.3 Å². The molecule has 37 heavy (non-hydrogen) atoms. The molecule has 4 aromatic rings. The average Bonchev–Trinajstić information content (AvgIpc) is 3.43. The van der Waals surface area contributed by atoms with E-state index in [9.17, 15) is 18.0 Å². The molecule has 1 atom stereocenters. The monoisotopic (exact) mass is 512 g/mol. The number of alkyl halides is 3. The number of carbonyl (C=O) groups is 1. The highest BCUT2D eigenvalue weighted by Crippen LogP contribution is 2.50. The Morgan fingerprint density at radius 2 is 1.89 bits per heavy atom. The summed E-state index contributed by atoms with van der Waals surface area (Å²) in [6.07, 6.45) is 1.67. The first-order valence-corrected chi connectivity index (χ1v) is 11.5. The smallest absolute Gasteiger partial charge is 0.382 e. The van der Waals surface area contributed by atoms with Crippen LogP contribution in [0.15, 0.2) is 47.4 Å². The molecule has 10 nitrogen and oxygen atoms in total. The standard InChI is InChI=1S/C24H23F3N8O2/c1-23(16-7-8-16,22-33-21(37-34-22)14-9-31-35(11-14)12-18(36)29-2)15-5-3-13(4-6-15)17-10-30-20(28)19(32-17)24(25,26)27/h3-6,9-11,16H,7-8,12H2,1-2H3,(H2,28,30)(H,29,36). The normalized spacial score (nSPS) is 15.4. The number of benzene rings is 1. The number of likely N-dealkylation sites (N-methyl/N-ethyl adjacent to an activating group) is 1. The lowest BCUT2D eigenvalue weighted by Crippen LogP contribution is -2.28. The number of hydrogen-bond donors (Lipinski definition) is 2. The topological polar surface area (TPSA) is 138 Å². The molecular weight excluding hydrogens is 489 g/mol. The van der Waals surface area contributed by atoms with Gasteiger partial charge in [0, 0.05) is 18.8 Å². The van der Waals surface area contributed by atoms with Gasteiger partial charge in [-0.25, -0.2) is 9.97 Å². The second-order valence-corrected chi connectivity index (χ2v) is 9.06. The summed E-state index contributed by atoms with van der Waals surface area (Å²) in [5.74, 6) is 0.182. The van der Waals surface area contributed by atoms with Crippen LogP contribution in [0.25, 0.3) is 22.7 Å². The van der Waals surface area contributed by atoms with Gasteiger partial charge in [0.1, 0.15) is 6.54 Å². The quantitative estimate of drug-likeness (QED) is 0.384. The zero-order chi connectivity index (χ0) is 26.4. The van der Waals surface area contributed by atoms with Gasteiger partial charge in [0.25, 0.3) is 5.89 Å². The second-order valence-electron chi connectivity index (χ2n) is 9.06. The largest absolute Gasteiger partial charge is 0.437 e. The minimum atomic E-state index is -4.70. The van der Waals surface area contributed by atoms with Crippen molar-refractivity contribution in [3.63, 3.8) is 0 Å². The summed E-state index contributed by atoms with van der Waals surface area (Å²) in [5, 5.41) is 11.0. The van der Waals surface area contributed by atoms with Crippen LogP contribution in [-0.4, -0.2) is 42.8 Å². The van der Waals surface area contributed by atoms with E-state index in [-0.39, 0.29) is 30.0 Å². The molecule has 5 rings (SSSR count). The first-order chi connectivity index (χ1) is 17.6. The second kappa shape index (κ2) is 8.98. The van der Waals surface area contributed by atoms with E-state index >= 15 is 0 Å². The molecule has 0 saturated heterocycles. The predicted molar refractivity (Wildman–Crippen MR) is 126 cm³/mol. The van der Waals surface area contributed by atoms with Gasteiger partial charge in [0.2, 0.25) is 5.91 Å². The van der Waals surface area contributed by atoms with Crippen molar-refractivity contribution in [1.82, 2.24) is 35.2 Å². The maximum Gasteiger partial charge on any atom is 0.437 e. The Hall–Kier alpha value is -4.29. The molecule has 1 aliphatic rings. The molecular formula is C24H23F3N8O2. The lowest BCUT2D eigenvalue weighted by Gasteiger charge is -2.27. The van der Waals surface area contributed by atoms with Crippen molar-refractivity contribution < 1.29 is 22.5 Å². The van der Waals surface area contributed by atoms with Gasteiger partial charge in [-0.1, -0.05) is 29.4 Å². The highest BCUT2D eigenvalue weighted by Gasteiger charge is 2.47. The molecule has 1 fully saturated rings. The van der Waals surface area contributed by atoms with Gasteiger partial charge in [-0.3, -0.25) is 9.48 Å². The van der Waals surface area contributed by atoms with E-state index in [1.54, 1.807) is 31.6 Å². The van der Waals surface area contributed by atoms with Crippen LogP contribution in [0, 0.1) is 5.92 Å². The lowest BCUT2D eigenvalue weighted by atomic mass is 9.77. The molecule has 3 aromatic heterocycles. The third-order valence-corrected chi connectivity index (χ3v) is 6.60. The SMILES string of the molecule is CNC(=O)Cn1cc(-c2nc(C(C)(c3ccc(-c4cnc(N)c(C(F)(F)F)n4)cc3)C3CC3)no2)cn1. The minimum absolute atomic E-state index is 0.0620. The number of nitrogens with two attached hydrogens (primary N) is 1. The zero-order valence-electron chi connectivity index (χ0n) is 20.0. The van der Waals surface area contributed by atoms with Crippen LogP contribution < -0.4 is 11.1 Å². The Morgan fingerprint density at radius 3 is 2.54 bits per heavy atom. The molecule has 0 spiro atoms. The molecule has 0 aliphatic heterocycles. The number of amides is 1. The molecule has 3 N–H and O–H groups in total.